The van der Waals surface area contributed by atoms with Crippen molar-refractivity contribution < 1.29 is 24.5 Å². The zero-order chi connectivity index (χ0) is 19.3. The van der Waals surface area contributed by atoms with Crippen LogP contribution in [0.25, 0.3) is 6.08 Å². The molecule has 138 valence electrons. The summed E-state index contributed by atoms with van der Waals surface area (Å²) in [4.78, 5) is 28.3. The topological polar surface area (TPSA) is 96.2 Å². The largest absolute Gasteiger partial charge is 0.506 e. The summed E-state index contributed by atoms with van der Waals surface area (Å²) in [6, 6.07) is 4.53. The fourth-order valence-corrected chi connectivity index (χ4v) is 3.36. The molecule has 0 saturated heterocycles. The van der Waals surface area contributed by atoms with Crippen LogP contribution >= 0.6 is 23.4 Å². The minimum Gasteiger partial charge on any atom is -0.506 e. The third-order valence-electron chi connectivity index (χ3n) is 3.33. The molecule has 0 atom stereocenters. The van der Waals surface area contributed by atoms with Crippen molar-refractivity contribution in [3.8, 4) is 5.75 Å². The molecule has 0 aromatic heterocycles. The number of phenolic OH excluding ortho intramolecular Hbond substituents is 1. The maximum Gasteiger partial charge on any atom is 0.344 e. The molecule has 8 heteroatoms. The minimum atomic E-state index is -0.743. The average molecular weight is 396 g/mol. The molecule has 1 aliphatic heterocycles. The van der Waals surface area contributed by atoms with Crippen LogP contribution in [0, 0.1) is 0 Å². The lowest BCUT2D eigenvalue weighted by molar-refractivity contribution is -0.138. The molecule has 1 aromatic rings. The van der Waals surface area contributed by atoms with Crippen LogP contribution in [0.1, 0.15) is 32.3 Å². The van der Waals surface area contributed by atoms with Crippen LogP contribution in [0.3, 0.4) is 0 Å². The number of phenols is 1. The van der Waals surface area contributed by atoms with Crippen LogP contribution in [-0.2, 0) is 14.3 Å². The molecule has 0 radical (unpaired) electrons. The quantitative estimate of drug-likeness (QED) is 0.724. The van der Waals surface area contributed by atoms with E-state index in [0.717, 1.165) is 11.8 Å². The highest BCUT2D eigenvalue weighted by Gasteiger charge is 2.33. The summed E-state index contributed by atoms with van der Waals surface area (Å²) in [6.45, 7) is 3.62. The number of aliphatic imine (C=N–C) groups is 1. The monoisotopic (exact) mass is 395 g/mol. The Bertz CT molecular complexity index is 829. The first-order valence-electron chi connectivity index (χ1n) is 7.98. The van der Waals surface area contributed by atoms with Crippen molar-refractivity contribution in [1.29, 1.82) is 0 Å². The Hall–Kier alpha value is -2.25. The molecule has 0 fully saturated rings. The number of rotatable bonds is 5. The summed E-state index contributed by atoms with van der Waals surface area (Å²) >= 11 is 6.89. The molecule has 26 heavy (non-hydrogen) atoms. The number of amides is 1. The second-order valence-electron chi connectivity index (χ2n) is 5.33. The van der Waals surface area contributed by atoms with Gasteiger partial charge in [0.05, 0.1) is 16.5 Å². The SMILES string of the molecule is CCCC(=O)N=C1S/C(=C\c2ccc(O)c(Cl)c2)C(O)=C1C(=O)OCC. The highest BCUT2D eigenvalue weighted by Crippen LogP contribution is 2.39. The van der Waals surface area contributed by atoms with Gasteiger partial charge in [0.1, 0.15) is 22.1 Å². The van der Waals surface area contributed by atoms with Crippen molar-refractivity contribution in [1.82, 2.24) is 0 Å². The van der Waals surface area contributed by atoms with Gasteiger partial charge in [-0.15, -0.1) is 0 Å². The molecule has 2 N–H and O–H groups in total. The first-order chi connectivity index (χ1) is 12.4. The van der Waals surface area contributed by atoms with Crippen LogP contribution in [-0.4, -0.2) is 33.7 Å². The number of ether oxygens (including phenoxy) is 1. The number of halogens is 1. The molecule has 0 unspecified atom stereocenters. The molecular weight excluding hydrogens is 378 g/mol. The van der Waals surface area contributed by atoms with E-state index in [1.165, 1.54) is 12.1 Å². The average Bonchev–Trinajstić information content (AvgIpc) is 2.87. The Morgan fingerprint density at radius 2 is 2.04 bits per heavy atom. The molecule has 1 aromatic carbocycles. The Labute approximate surface area is 160 Å². The molecule has 1 heterocycles. The van der Waals surface area contributed by atoms with Crippen molar-refractivity contribution in [3.63, 3.8) is 0 Å². The van der Waals surface area contributed by atoms with Gasteiger partial charge in [0.25, 0.3) is 0 Å². The van der Waals surface area contributed by atoms with Crippen molar-refractivity contribution in [2.24, 2.45) is 4.99 Å². The summed E-state index contributed by atoms with van der Waals surface area (Å²) in [6.07, 6.45) is 2.45. The second-order valence-corrected chi connectivity index (χ2v) is 6.76. The fraction of sp³-hybridized carbons (Fsp3) is 0.278. The zero-order valence-electron chi connectivity index (χ0n) is 14.3. The highest BCUT2D eigenvalue weighted by molar-refractivity contribution is 8.18. The van der Waals surface area contributed by atoms with Crippen molar-refractivity contribution in [2.75, 3.05) is 6.61 Å². The number of aromatic hydroxyl groups is 1. The molecule has 0 aliphatic carbocycles. The Morgan fingerprint density at radius 3 is 2.65 bits per heavy atom. The summed E-state index contributed by atoms with van der Waals surface area (Å²) in [7, 11) is 0. The number of carbonyl (C=O) groups excluding carboxylic acids is 2. The molecule has 0 spiro atoms. The summed E-state index contributed by atoms with van der Waals surface area (Å²) < 4.78 is 4.96. The summed E-state index contributed by atoms with van der Waals surface area (Å²) in [5.74, 6) is -1.49. The molecular formula is C18H18ClNO5S. The van der Waals surface area contributed by atoms with Gasteiger partial charge in [-0.1, -0.05) is 36.4 Å². The van der Waals surface area contributed by atoms with Gasteiger partial charge in [-0.25, -0.2) is 9.79 Å². The van der Waals surface area contributed by atoms with E-state index in [-0.39, 0.29) is 46.1 Å². The van der Waals surface area contributed by atoms with Gasteiger partial charge in [0, 0.05) is 6.42 Å². The van der Waals surface area contributed by atoms with E-state index in [2.05, 4.69) is 4.99 Å². The number of esters is 1. The van der Waals surface area contributed by atoms with Crippen LogP contribution < -0.4 is 0 Å². The van der Waals surface area contributed by atoms with E-state index < -0.39 is 5.97 Å². The van der Waals surface area contributed by atoms with Gasteiger partial charge in [0.2, 0.25) is 5.91 Å². The van der Waals surface area contributed by atoms with Gasteiger partial charge in [-0.3, -0.25) is 4.79 Å². The molecule has 1 aliphatic rings. The highest BCUT2D eigenvalue weighted by atomic mass is 35.5. The van der Waals surface area contributed by atoms with Crippen molar-refractivity contribution >= 4 is 46.4 Å². The predicted molar refractivity (Wildman–Crippen MR) is 102 cm³/mol. The smallest absolute Gasteiger partial charge is 0.344 e. The molecule has 0 bridgehead atoms. The van der Waals surface area contributed by atoms with E-state index in [9.17, 15) is 19.8 Å². The normalized spacial score (nSPS) is 17.2. The summed E-state index contributed by atoms with van der Waals surface area (Å²) in [5.41, 5.74) is 0.476. The van der Waals surface area contributed by atoms with Gasteiger partial charge in [0.15, 0.2) is 0 Å². The Morgan fingerprint density at radius 1 is 1.31 bits per heavy atom. The van der Waals surface area contributed by atoms with Gasteiger partial charge in [-0.2, -0.15) is 0 Å². The first-order valence-corrected chi connectivity index (χ1v) is 9.17. The first kappa shape index (κ1) is 20.1. The number of aliphatic hydroxyl groups is 1. The zero-order valence-corrected chi connectivity index (χ0v) is 15.9. The number of thioether (sulfide) groups is 1. The van der Waals surface area contributed by atoms with Gasteiger partial charge >= 0.3 is 5.97 Å². The lowest BCUT2D eigenvalue weighted by atomic mass is 10.1. The van der Waals surface area contributed by atoms with E-state index >= 15 is 0 Å². The van der Waals surface area contributed by atoms with Crippen LogP contribution in [0.5, 0.6) is 5.75 Å². The van der Waals surface area contributed by atoms with E-state index in [1.807, 2.05) is 6.92 Å². The standard InChI is InChI=1S/C18H18ClNO5S/c1-3-5-14(22)20-17-15(18(24)25-4-2)16(23)13(26-17)9-10-6-7-12(21)11(19)8-10/h6-9,21,23H,3-5H2,1-2H3/b13-9-,20-17?. The predicted octanol–water partition coefficient (Wildman–Crippen LogP) is 4.23. The molecule has 1 amide bonds. The van der Waals surface area contributed by atoms with Crippen molar-refractivity contribution in [3.05, 3.63) is 45.0 Å². The number of nitrogens with zero attached hydrogens (tertiary/aromatic N) is 1. The molecule has 0 saturated carbocycles. The maximum atomic E-state index is 12.2. The number of hydrogen-bond donors (Lipinski definition) is 2. The molecule has 2 rings (SSSR count). The maximum absolute atomic E-state index is 12.2. The fourth-order valence-electron chi connectivity index (χ4n) is 2.14. The molecule has 6 nitrogen and oxygen atoms in total. The van der Waals surface area contributed by atoms with E-state index in [4.69, 9.17) is 16.3 Å². The lowest BCUT2D eigenvalue weighted by Crippen LogP contribution is -2.14. The van der Waals surface area contributed by atoms with E-state index in [0.29, 0.717) is 16.9 Å². The van der Waals surface area contributed by atoms with Crippen LogP contribution in [0.2, 0.25) is 5.02 Å². The van der Waals surface area contributed by atoms with Gasteiger partial charge in [-0.05, 0) is 37.1 Å². The van der Waals surface area contributed by atoms with E-state index in [1.54, 1.807) is 19.1 Å². The number of benzene rings is 1. The van der Waals surface area contributed by atoms with Crippen molar-refractivity contribution in [2.45, 2.75) is 26.7 Å². The lowest BCUT2D eigenvalue weighted by Gasteiger charge is -2.03. The van der Waals surface area contributed by atoms with Gasteiger partial charge < -0.3 is 14.9 Å². The third kappa shape index (κ3) is 4.68. The Kier molecular flexibility index (Phi) is 6.88. The van der Waals surface area contributed by atoms with Crippen LogP contribution in [0.4, 0.5) is 0 Å². The number of aliphatic hydroxyl groups excluding tert-OH is 1. The minimum absolute atomic E-state index is 0.0627. The summed E-state index contributed by atoms with van der Waals surface area (Å²) in [5, 5.41) is 20.2. The second kappa shape index (κ2) is 8.91. The third-order valence-corrected chi connectivity index (χ3v) is 4.65. The van der Waals surface area contributed by atoms with Crippen LogP contribution in [0.15, 0.2) is 39.4 Å². The number of carbonyl (C=O) groups is 2. The number of hydrogen-bond acceptors (Lipinski definition) is 6. The Balaban J connectivity index is 2.45.